The van der Waals surface area contributed by atoms with Crippen molar-refractivity contribution in [2.24, 2.45) is 0 Å². The van der Waals surface area contributed by atoms with Gasteiger partial charge < -0.3 is 9.64 Å². The molecule has 3 aromatic carbocycles. The molecule has 0 radical (unpaired) electrons. The number of carbonyl (C=O) groups excluding carboxylic acids is 3. The van der Waals surface area contributed by atoms with Crippen LogP contribution in [0, 0.1) is 0 Å². The number of fused-ring (bicyclic) bond motifs is 1. The van der Waals surface area contributed by atoms with Gasteiger partial charge in [-0.25, -0.2) is 0 Å². The van der Waals surface area contributed by atoms with Gasteiger partial charge in [-0.15, -0.1) is 0 Å². The number of ether oxygens (including phenoxy) is 1. The standard InChI is InChI=1S/C25H20Cl2N2O4/c1-28(13-16-7-9-20(26)21(27)12-16)23(30)19-11-15(8-10-22(19)33-2)14-29-24(31)17-5-3-4-6-18(17)25(29)32/h3-12H,13-14H2,1-2H3. The largest absolute Gasteiger partial charge is 0.496 e. The van der Waals surface area contributed by atoms with E-state index in [4.69, 9.17) is 27.9 Å². The summed E-state index contributed by atoms with van der Waals surface area (Å²) in [6.07, 6.45) is 0. The summed E-state index contributed by atoms with van der Waals surface area (Å²) in [5, 5.41) is 0.854. The van der Waals surface area contributed by atoms with Gasteiger partial charge in [-0.1, -0.05) is 47.5 Å². The molecule has 0 fully saturated rings. The Hall–Kier alpha value is -3.35. The van der Waals surface area contributed by atoms with Crippen LogP contribution in [-0.4, -0.2) is 41.7 Å². The predicted octanol–water partition coefficient (Wildman–Crippen LogP) is 5.07. The van der Waals surface area contributed by atoms with Gasteiger partial charge in [0.05, 0.1) is 40.4 Å². The first kappa shape index (κ1) is 22.8. The summed E-state index contributed by atoms with van der Waals surface area (Å²) >= 11 is 12.1. The van der Waals surface area contributed by atoms with Gasteiger partial charge in [0.2, 0.25) is 0 Å². The van der Waals surface area contributed by atoms with Crippen molar-refractivity contribution >= 4 is 40.9 Å². The van der Waals surface area contributed by atoms with Crippen molar-refractivity contribution in [2.75, 3.05) is 14.2 Å². The number of hydrogen-bond donors (Lipinski definition) is 0. The second kappa shape index (κ2) is 9.25. The molecule has 33 heavy (non-hydrogen) atoms. The maximum absolute atomic E-state index is 13.2. The molecule has 0 atom stereocenters. The van der Waals surface area contributed by atoms with Crippen LogP contribution in [0.2, 0.25) is 10.0 Å². The normalized spacial score (nSPS) is 12.7. The smallest absolute Gasteiger partial charge is 0.261 e. The molecule has 0 N–H and O–H groups in total. The molecule has 3 aromatic rings. The topological polar surface area (TPSA) is 66.9 Å². The minimum Gasteiger partial charge on any atom is -0.496 e. The van der Waals surface area contributed by atoms with Crippen LogP contribution in [0.3, 0.4) is 0 Å². The molecule has 1 heterocycles. The third-order valence-electron chi connectivity index (χ3n) is 5.46. The van der Waals surface area contributed by atoms with Gasteiger partial charge in [0, 0.05) is 13.6 Å². The number of imide groups is 1. The average molecular weight is 483 g/mol. The average Bonchev–Trinajstić information content (AvgIpc) is 3.06. The van der Waals surface area contributed by atoms with E-state index in [9.17, 15) is 14.4 Å². The van der Waals surface area contributed by atoms with E-state index in [0.29, 0.717) is 44.6 Å². The Morgan fingerprint density at radius 2 is 1.55 bits per heavy atom. The molecule has 1 aliphatic heterocycles. The number of carbonyl (C=O) groups is 3. The van der Waals surface area contributed by atoms with Crippen molar-refractivity contribution in [1.29, 1.82) is 0 Å². The Morgan fingerprint density at radius 3 is 2.15 bits per heavy atom. The van der Waals surface area contributed by atoms with Crippen LogP contribution in [0.4, 0.5) is 0 Å². The van der Waals surface area contributed by atoms with E-state index in [1.165, 1.54) is 16.9 Å². The van der Waals surface area contributed by atoms with Gasteiger partial charge in [-0.05, 0) is 47.5 Å². The van der Waals surface area contributed by atoms with Crippen LogP contribution in [0.1, 0.15) is 42.2 Å². The van der Waals surface area contributed by atoms with Crippen molar-refractivity contribution in [3.05, 3.63) is 98.5 Å². The predicted molar refractivity (Wildman–Crippen MR) is 126 cm³/mol. The van der Waals surface area contributed by atoms with Gasteiger partial charge in [-0.2, -0.15) is 0 Å². The first-order valence-electron chi connectivity index (χ1n) is 10.1. The van der Waals surface area contributed by atoms with E-state index < -0.39 is 0 Å². The summed E-state index contributed by atoms with van der Waals surface area (Å²) in [5.74, 6) is -0.582. The molecule has 8 heteroatoms. The van der Waals surface area contributed by atoms with E-state index in [1.54, 1.807) is 67.7 Å². The van der Waals surface area contributed by atoms with Crippen LogP contribution in [-0.2, 0) is 13.1 Å². The fourth-order valence-electron chi connectivity index (χ4n) is 3.78. The Bertz CT molecular complexity index is 1240. The van der Waals surface area contributed by atoms with Crippen molar-refractivity contribution < 1.29 is 19.1 Å². The molecule has 0 unspecified atom stereocenters. The monoisotopic (exact) mass is 482 g/mol. The maximum Gasteiger partial charge on any atom is 0.261 e. The zero-order valence-electron chi connectivity index (χ0n) is 18.0. The van der Waals surface area contributed by atoms with Crippen LogP contribution >= 0.6 is 23.2 Å². The van der Waals surface area contributed by atoms with Crippen LogP contribution in [0.15, 0.2) is 60.7 Å². The lowest BCUT2D eigenvalue weighted by Crippen LogP contribution is -2.30. The van der Waals surface area contributed by atoms with E-state index in [1.807, 2.05) is 0 Å². The Balaban J connectivity index is 1.56. The summed E-state index contributed by atoms with van der Waals surface area (Å²) in [6.45, 7) is 0.356. The number of halogens is 2. The lowest BCUT2D eigenvalue weighted by Gasteiger charge is -2.20. The minimum atomic E-state index is -0.351. The molecule has 1 aliphatic rings. The Labute approximate surface area is 201 Å². The van der Waals surface area contributed by atoms with Crippen LogP contribution in [0.25, 0.3) is 0 Å². The molecular weight excluding hydrogens is 463 g/mol. The van der Waals surface area contributed by atoms with Gasteiger partial charge in [0.25, 0.3) is 17.7 Å². The number of hydrogen-bond acceptors (Lipinski definition) is 4. The number of amides is 3. The van der Waals surface area contributed by atoms with Crippen molar-refractivity contribution in [1.82, 2.24) is 9.80 Å². The first-order valence-corrected chi connectivity index (χ1v) is 10.9. The lowest BCUT2D eigenvalue weighted by molar-refractivity contribution is 0.0642. The molecule has 168 valence electrons. The highest BCUT2D eigenvalue weighted by Crippen LogP contribution is 2.28. The number of nitrogens with zero attached hydrogens (tertiary/aromatic N) is 2. The zero-order valence-corrected chi connectivity index (χ0v) is 19.5. The third-order valence-corrected chi connectivity index (χ3v) is 6.20. The molecule has 0 saturated carbocycles. The second-order valence-electron chi connectivity index (χ2n) is 7.69. The summed E-state index contributed by atoms with van der Waals surface area (Å²) < 4.78 is 5.39. The summed E-state index contributed by atoms with van der Waals surface area (Å²) in [7, 11) is 3.15. The van der Waals surface area contributed by atoms with Crippen molar-refractivity contribution in [2.45, 2.75) is 13.1 Å². The fraction of sp³-hybridized carbons (Fsp3) is 0.160. The molecule has 0 bridgehead atoms. The summed E-state index contributed by atoms with van der Waals surface area (Å²) in [6, 6.07) is 17.0. The van der Waals surface area contributed by atoms with Crippen molar-refractivity contribution in [3.8, 4) is 5.75 Å². The van der Waals surface area contributed by atoms with Crippen LogP contribution < -0.4 is 4.74 Å². The maximum atomic E-state index is 13.2. The highest BCUT2D eigenvalue weighted by molar-refractivity contribution is 6.42. The SMILES string of the molecule is COc1ccc(CN2C(=O)c3ccccc3C2=O)cc1C(=O)N(C)Cc1ccc(Cl)c(Cl)c1. The van der Waals surface area contributed by atoms with Crippen LogP contribution in [0.5, 0.6) is 5.75 Å². The van der Waals surface area contributed by atoms with E-state index >= 15 is 0 Å². The highest BCUT2D eigenvalue weighted by atomic mass is 35.5. The molecule has 0 saturated heterocycles. The Morgan fingerprint density at radius 1 is 0.909 bits per heavy atom. The van der Waals surface area contributed by atoms with Gasteiger partial charge in [-0.3, -0.25) is 19.3 Å². The second-order valence-corrected chi connectivity index (χ2v) is 8.50. The Kier molecular flexibility index (Phi) is 6.40. The quantitative estimate of drug-likeness (QED) is 0.460. The molecule has 0 aliphatic carbocycles. The molecule has 6 nitrogen and oxygen atoms in total. The number of rotatable bonds is 6. The van der Waals surface area contributed by atoms with E-state index in [0.717, 1.165) is 5.56 Å². The summed E-state index contributed by atoms with van der Waals surface area (Å²) in [5.41, 5.74) is 2.55. The number of benzene rings is 3. The fourth-order valence-corrected chi connectivity index (χ4v) is 4.10. The molecule has 0 aromatic heterocycles. The zero-order chi connectivity index (χ0) is 23.7. The first-order chi connectivity index (χ1) is 15.8. The van der Waals surface area contributed by atoms with Crippen molar-refractivity contribution in [3.63, 3.8) is 0 Å². The minimum absolute atomic E-state index is 0.0487. The van der Waals surface area contributed by atoms with E-state index in [-0.39, 0.29) is 24.3 Å². The molecule has 0 spiro atoms. The third kappa shape index (κ3) is 4.45. The molecule has 3 amide bonds. The highest BCUT2D eigenvalue weighted by Gasteiger charge is 2.35. The number of methoxy groups -OCH3 is 1. The molecular formula is C25H20Cl2N2O4. The van der Waals surface area contributed by atoms with E-state index in [2.05, 4.69) is 0 Å². The van der Waals surface area contributed by atoms with Gasteiger partial charge in [0.1, 0.15) is 5.75 Å². The molecule has 4 rings (SSSR count). The summed E-state index contributed by atoms with van der Waals surface area (Å²) in [4.78, 5) is 41.3. The lowest BCUT2D eigenvalue weighted by atomic mass is 10.1. The van der Waals surface area contributed by atoms with Gasteiger partial charge >= 0.3 is 0 Å². The van der Waals surface area contributed by atoms with Gasteiger partial charge in [0.15, 0.2) is 0 Å².